The van der Waals surface area contributed by atoms with Crippen molar-refractivity contribution in [3.63, 3.8) is 0 Å². The third kappa shape index (κ3) is 4.27. The van der Waals surface area contributed by atoms with Crippen molar-refractivity contribution in [3.05, 3.63) is 76.1 Å². The molecule has 0 spiro atoms. The van der Waals surface area contributed by atoms with E-state index >= 15 is 0 Å². The number of aliphatic hydroxyl groups excluding tert-OH is 1. The van der Waals surface area contributed by atoms with Crippen LogP contribution < -0.4 is 5.32 Å². The Morgan fingerprint density at radius 2 is 1.83 bits per heavy atom. The van der Waals surface area contributed by atoms with E-state index in [1.165, 1.54) is 6.33 Å². The summed E-state index contributed by atoms with van der Waals surface area (Å²) in [6.45, 7) is 0.396. The van der Waals surface area contributed by atoms with Gasteiger partial charge < -0.3 is 10.4 Å². The van der Waals surface area contributed by atoms with Gasteiger partial charge in [0.15, 0.2) is 0 Å². The summed E-state index contributed by atoms with van der Waals surface area (Å²) in [5.74, 6) is 0.698. The van der Waals surface area contributed by atoms with Crippen LogP contribution in [0.15, 0.2) is 67.0 Å². The zero-order chi connectivity index (χ0) is 16.1. The fourth-order valence-corrected chi connectivity index (χ4v) is 2.80. The number of halogens is 1. The lowest BCUT2D eigenvalue weighted by molar-refractivity contribution is 0.191. The lowest BCUT2D eigenvalue weighted by Gasteiger charge is -2.13. The molecule has 0 bridgehead atoms. The van der Waals surface area contributed by atoms with E-state index in [-0.39, 0.29) is 0 Å². The van der Waals surface area contributed by atoms with Crippen molar-refractivity contribution in [2.24, 2.45) is 0 Å². The van der Waals surface area contributed by atoms with Gasteiger partial charge in [0.25, 0.3) is 0 Å². The molecule has 0 aliphatic rings. The molecule has 1 heterocycles. The molecule has 0 amide bonds. The van der Waals surface area contributed by atoms with Gasteiger partial charge >= 0.3 is 0 Å². The van der Waals surface area contributed by atoms with Crippen LogP contribution in [-0.2, 0) is 0 Å². The molecule has 5 heteroatoms. The van der Waals surface area contributed by atoms with Crippen molar-refractivity contribution < 1.29 is 5.11 Å². The van der Waals surface area contributed by atoms with Gasteiger partial charge in [0, 0.05) is 21.7 Å². The maximum Gasteiger partial charge on any atom is 0.130 e. The fraction of sp³-hybridized carbons (Fsp3) is 0.111. The maximum absolute atomic E-state index is 10.2. The number of aliphatic hydroxyl groups is 1. The first-order chi connectivity index (χ1) is 11.2. The number of rotatable bonds is 5. The summed E-state index contributed by atoms with van der Waals surface area (Å²) in [6, 6.07) is 19.6. The van der Waals surface area contributed by atoms with Crippen LogP contribution >= 0.6 is 22.6 Å². The third-order valence-corrected chi connectivity index (χ3v) is 4.12. The SMILES string of the molecule is OC(CNc1cc(-c2cccc(I)c2)ncn1)c1ccccc1. The topological polar surface area (TPSA) is 58.0 Å². The van der Waals surface area contributed by atoms with Crippen LogP contribution in [0.4, 0.5) is 5.82 Å². The van der Waals surface area contributed by atoms with Crippen molar-refractivity contribution in [3.8, 4) is 11.3 Å². The van der Waals surface area contributed by atoms with Gasteiger partial charge in [0.05, 0.1) is 11.8 Å². The van der Waals surface area contributed by atoms with Gasteiger partial charge in [0.1, 0.15) is 12.1 Å². The Balaban J connectivity index is 1.71. The predicted octanol–water partition coefficient (Wildman–Crippen LogP) is 3.89. The van der Waals surface area contributed by atoms with Crippen molar-refractivity contribution in [1.82, 2.24) is 9.97 Å². The Bertz CT molecular complexity index is 780. The van der Waals surface area contributed by atoms with Crippen molar-refractivity contribution in [2.45, 2.75) is 6.10 Å². The van der Waals surface area contributed by atoms with Gasteiger partial charge in [-0.1, -0.05) is 42.5 Å². The summed E-state index contributed by atoms with van der Waals surface area (Å²) in [4.78, 5) is 8.54. The Hall–Kier alpha value is -1.99. The number of nitrogens with zero attached hydrogens (tertiary/aromatic N) is 2. The molecule has 0 saturated carbocycles. The standard InChI is InChI=1S/C18H16IN3O/c19-15-8-4-7-14(9-15)16-10-18(22-12-21-16)20-11-17(23)13-5-2-1-3-6-13/h1-10,12,17,23H,11H2,(H,20,21,22). The lowest BCUT2D eigenvalue weighted by atomic mass is 10.1. The average molecular weight is 417 g/mol. The first kappa shape index (κ1) is 15.9. The molecule has 0 aliphatic heterocycles. The minimum Gasteiger partial charge on any atom is -0.387 e. The second-order valence-electron chi connectivity index (χ2n) is 5.11. The number of hydrogen-bond donors (Lipinski definition) is 2. The van der Waals surface area contributed by atoms with Crippen LogP contribution in [0.25, 0.3) is 11.3 Å². The molecule has 116 valence electrons. The van der Waals surface area contributed by atoms with Gasteiger partial charge in [0.2, 0.25) is 0 Å². The average Bonchev–Trinajstić information content (AvgIpc) is 2.61. The zero-order valence-electron chi connectivity index (χ0n) is 12.4. The van der Waals surface area contributed by atoms with E-state index in [0.29, 0.717) is 12.4 Å². The molecule has 3 rings (SSSR count). The number of aromatic nitrogens is 2. The minimum atomic E-state index is -0.577. The lowest BCUT2D eigenvalue weighted by Crippen LogP contribution is -2.13. The highest BCUT2D eigenvalue weighted by atomic mass is 127. The van der Waals surface area contributed by atoms with E-state index in [2.05, 4.69) is 43.9 Å². The summed E-state index contributed by atoms with van der Waals surface area (Å²) >= 11 is 2.28. The number of benzene rings is 2. The highest BCUT2D eigenvalue weighted by Crippen LogP contribution is 2.21. The first-order valence-electron chi connectivity index (χ1n) is 7.27. The van der Waals surface area contributed by atoms with E-state index in [4.69, 9.17) is 0 Å². The van der Waals surface area contributed by atoms with Crippen LogP contribution in [0.5, 0.6) is 0 Å². The van der Waals surface area contributed by atoms with E-state index in [9.17, 15) is 5.11 Å². The zero-order valence-corrected chi connectivity index (χ0v) is 14.5. The van der Waals surface area contributed by atoms with Gasteiger partial charge in [-0.15, -0.1) is 0 Å². The molecule has 1 aromatic heterocycles. The predicted molar refractivity (Wildman–Crippen MR) is 100 cm³/mol. The molecule has 4 nitrogen and oxygen atoms in total. The number of nitrogens with one attached hydrogen (secondary N) is 1. The van der Waals surface area contributed by atoms with Crippen LogP contribution in [0.3, 0.4) is 0 Å². The highest BCUT2D eigenvalue weighted by molar-refractivity contribution is 14.1. The van der Waals surface area contributed by atoms with Crippen LogP contribution in [0, 0.1) is 3.57 Å². The molecule has 2 aromatic carbocycles. The summed E-state index contributed by atoms with van der Waals surface area (Å²) in [5.41, 5.74) is 2.79. The highest BCUT2D eigenvalue weighted by Gasteiger charge is 2.08. The molecule has 0 aliphatic carbocycles. The van der Waals surface area contributed by atoms with Crippen molar-refractivity contribution in [1.29, 1.82) is 0 Å². The summed E-state index contributed by atoms with van der Waals surface area (Å²) in [7, 11) is 0. The van der Waals surface area contributed by atoms with Gasteiger partial charge in [-0.2, -0.15) is 0 Å². The van der Waals surface area contributed by atoms with Gasteiger partial charge in [-0.05, 0) is 40.3 Å². The van der Waals surface area contributed by atoms with E-state index < -0.39 is 6.10 Å². The molecule has 1 unspecified atom stereocenters. The van der Waals surface area contributed by atoms with Crippen molar-refractivity contribution >= 4 is 28.4 Å². The summed E-state index contributed by atoms with van der Waals surface area (Å²) < 4.78 is 1.16. The molecule has 1 atom stereocenters. The molecule has 23 heavy (non-hydrogen) atoms. The largest absolute Gasteiger partial charge is 0.387 e. The smallest absolute Gasteiger partial charge is 0.130 e. The molecule has 0 radical (unpaired) electrons. The molecule has 3 aromatic rings. The normalized spacial score (nSPS) is 11.9. The van der Waals surface area contributed by atoms with Gasteiger partial charge in [-0.3, -0.25) is 0 Å². The minimum absolute atomic E-state index is 0.396. The van der Waals surface area contributed by atoms with E-state index in [1.54, 1.807) is 0 Å². The second kappa shape index (κ2) is 7.52. The molecule has 0 saturated heterocycles. The molecule has 2 N–H and O–H groups in total. The van der Waals surface area contributed by atoms with Crippen LogP contribution in [0.1, 0.15) is 11.7 Å². The third-order valence-electron chi connectivity index (χ3n) is 3.45. The first-order valence-corrected chi connectivity index (χ1v) is 8.35. The van der Waals surface area contributed by atoms with Crippen LogP contribution in [0.2, 0.25) is 0 Å². The maximum atomic E-state index is 10.2. The van der Waals surface area contributed by atoms with Gasteiger partial charge in [-0.25, -0.2) is 9.97 Å². The van der Waals surface area contributed by atoms with E-state index in [0.717, 1.165) is 20.4 Å². The van der Waals surface area contributed by atoms with Crippen molar-refractivity contribution in [2.75, 3.05) is 11.9 Å². The van der Waals surface area contributed by atoms with Crippen LogP contribution in [-0.4, -0.2) is 21.6 Å². The summed E-state index contributed by atoms with van der Waals surface area (Å²) in [6.07, 6.45) is 0.958. The number of hydrogen-bond acceptors (Lipinski definition) is 4. The molecular formula is C18H16IN3O. The molecular weight excluding hydrogens is 401 g/mol. The summed E-state index contributed by atoms with van der Waals surface area (Å²) in [5, 5.41) is 13.4. The Morgan fingerprint density at radius 1 is 1.00 bits per heavy atom. The fourth-order valence-electron chi connectivity index (χ4n) is 2.25. The second-order valence-corrected chi connectivity index (χ2v) is 6.35. The van der Waals surface area contributed by atoms with E-state index in [1.807, 2.05) is 54.6 Å². The Morgan fingerprint density at radius 3 is 2.61 bits per heavy atom. The Kier molecular flexibility index (Phi) is 5.19. The Labute approximate surface area is 148 Å². The number of anilines is 1. The monoisotopic (exact) mass is 417 g/mol. The quantitative estimate of drug-likeness (QED) is 0.619. The molecule has 0 fully saturated rings.